The van der Waals surface area contributed by atoms with Gasteiger partial charge in [-0.2, -0.15) is 0 Å². The number of rotatable bonds is 5. The van der Waals surface area contributed by atoms with E-state index in [0.29, 0.717) is 29.2 Å². The summed E-state index contributed by atoms with van der Waals surface area (Å²) in [7, 11) is 0. The van der Waals surface area contributed by atoms with Gasteiger partial charge in [0.2, 0.25) is 12.7 Å². The van der Waals surface area contributed by atoms with Gasteiger partial charge in [0.25, 0.3) is 0 Å². The first-order valence-electron chi connectivity index (χ1n) is 8.82. The first kappa shape index (κ1) is 17.8. The monoisotopic (exact) mass is 382 g/mol. The van der Waals surface area contributed by atoms with Crippen LogP contribution in [-0.4, -0.2) is 26.8 Å². The van der Waals surface area contributed by atoms with Crippen LogP contribution in [0.1, 0.15) is 12.5 Å². The molecule has 3 aromatic rings. The number of benzene rings is 1. The molecule has 1 aliphatic heterocycles. The lowest BCUT2D eigenvalue weighted by molar-refractivity contribution is -0.121. The van der Waals surface area contributed by atoms with Crippen LogP contribution in [0, 0.1) is 0 Å². The Hall–Kier alpha value is -3.62. The smallest absolute Gasteiger partial charge is 0.318 e. The van der Waals surface area contributed by atoms with Gasteiger partial charge >= 0.3 is 11.1 Å². The fraction of sp³-hybridized carbons (Fsp3) is 0.263. The zero-order valence-electron chi connectivity index (χ0n) is 15.2. The van der Waals surface area contributed by atoms with Crippen LogP contribution in [-0.2, 0) is 24.4 Å². The highest BCUT2D eigenvalue weighted by Crippen LogP contribution is 2.32. The van der Waals surface area contributed by atoms with E-state index >= 15 is 0 Å². The van der Waals surface area contributed by atoms with E-state index in [0.717, 1.165) is 10.1 Å². The fourth-order valence-corrected chi connectivity index (χ4v) is 3.15. The topological polar surface area (TPSA) is 104 Å². The summed E-state index contributed by atoms with van der Waals surface area (Å²) < 4.78 is 13.0. The number of aryl methyl sites for hydroxylation is 1. The van der Waals surface area contributed by atoms with Gasteiger partial charge in [0.1, 0.15) is 6.54 Å². The van der Waals surface area contributed by atoms with Crippen LogP contribution in [0.4, 0.5) is 0 Å². The van der Waals surface area contributed by atoms with E-state index in [1.54, 1.807) is 37.4 Å². The summed E-state index contributed by atoms with van der Waals surface area (Å²) in [4.78, 5) is 41.4. The number of hydrogen-bond donors (Lipinski definition) is 1. The molecule has 0 radical (unpaired) electrons. The van der Waals surface area contributed by atoms with E-state index in [9.17, 15) is 14.4 Å². The third-order valence-electron chi connectivity index (χ3n) is 4.53. The average Bonchev–Trinajstić information content (AvgIpc) is 3.18. The minimum Gasteiger partial charge on any atom is -0.454 e. The number of fused-ring (bicyclic) bond motifs is 2. The third kappa shape index (κ3) is 3.11. The molecule has 0 bridgehead atoms. The van der Waals surface area contributed by atoms with Crippen LogP contribution in [0.25, 0.3) is 11.2 Å². The zero-order chi connectivity index (χ0) is 19.7. The minimum absolute atomic E-state index is 0.179. The maximum absolute atomic E-state index is 12.5. The molecule has 9 heteroatoms. The standard InChI is InChI=1S/C19H18N4O5/c1-2-22-17-13(4-3-7-20-17)23(19(26)18(22)25)10-16(24)21-9-12-5-6-14-15(8-12)28-11-27-14/h3-8H,2,9-11H2,1H3,(H,21,24). The van der Waals surface area contributed by atoms with Crippen molar-refractivity contribution in [1.29, 1.82) is 0 Å². The van der Waals surface area contributed by atoms with Gasteiger partial charge in [0.05, 0.1) is 5.52 Å². The second-order valence-corrected chi connectivity index (χ2v) is 6.25. The molecule has 1 aromatic carbocycles. The molecule has 0 spiro atoms. The van der Waals surface area contributed by atoms with Crippen LogP contribution < -0.4 is 25.9 Å². The van der Waals surface area contributed by atoms with Crippen molar-refractivity contribution in [1.82, 2.24) is 19.4 Å². The number of hydrogen-bond acceptors (Lipinski definition) is 6. The van der Waals surface area contributed by atoms with E-state index < -0.39 is 17.0 Å². The molecule has 0 unspecified atom stereocenters. The summed E-state index contributed by atoms with van der Waals surface area (Å²) >= 11 is 0. The van der Waals surface area contributed by atoms with Crippen LogP contribution in [0.2, 0.25) is 0 Å². The highest BCUT2D eigenvalue weighted by molar-refractivity contribution is 5.78. The van der Waals surface area contributed by atoms with Crippen molar-refractivity contribution in [2.75, 3.05) is 6.79 Å². The lowest BCUT2D eigenvalue weighted by Gasteiger charge is -2.13. The van der Waals surface area contributed by atoms with E-state index in [1.165, 1.54) is 4.57 Å². The second-order valence-electron chi connectivity index (χ2n) is 6.25. The number of ether oxygens (including phenoxy) is 2. The van der Waals surface area contributed by atoms with Gasteiger partial charge < -0.3 is 14.8 Å². The van der Waals surface area contributed by atoms with E-state index in [4.69, 9.17) is 9.47 Å². The largest absolute Gasteiger partial charge is 0.454 e. The Kier molecular flexibility index (Phi) is 4.56. The number of pyridine rings is 1. The number of nitrogens with zero attached hydrogens (tertiary/aromatic N) is 3. The Labute approximate surface area is 159 Å². The van der Waals surface area contributed by atoms with E-state index in [1.807, 2.05) is 6.07 Å². The molecule has 2 aromatic heterocycles. The summed E-state index contributed by atoms with van der Waals surface area (Å²) in [5.41, 5.74) is 0.195. The predicted octanol–water partition coefficient (Wildman–Crippen LogP) is 0.623. The summed E-state index contributed by atoms with van der Waals surface area (Å²) in [6.07, 6.45) is 1.54. The number of carbonyl (C=O) groups excluding carboxylic acids is 1. The number of amides is 1. The lowest BCUT2D eigenvalue weighted by atomic mass is 10.2. The Morgan fingerprint density at radius 1 is 1.14 bits per heavy atom. The Morgan fingerprint density at radius 3 is 2.75 bits per heavy atom. The van der Waals surface area contributed by atoms with Crippen LogP contribution in [0.5, 0.6) is 11.5 Å². The maximum atomic E-state index is 12.5. The number of nitrogens with one attached hydrogen (secondary N) is 1. The van der Waals surface area contributed by atoms with Crippen molar-refractivity contribution in [3.63, 3.8) is 0 Å². The second kappa shape index (κ2) is 7.18. The molecule has 0 aliphatic carbocycles. The number of carbonyl (C=O) groups is 1. The average molecular weight is 382 g/mol. The molecule has 0 saturated carbocycles. The molecule has 144 valence electrons. The van der Waals surface area contributed by atoms with Crippen molar-refractivity contribution >= 4 is 17.1 Å². The van der Waals surface area contributed by atoms with Gasteiger partial charge in [0, 0.05) is 19.3 Å². The van der Waals surface area contributed by atoms with Crippen molar-refractivity contribution in [3.05, 3.63) is 62.8 Å². The van der Waals surface area contributed by atoms with Gasteiger partial charge in [-0.25, -0.2) is 4.98 Å². The summed E-state index contributed by atoms with van der Waals surface area (Å²) in [6, 6.07) is 8.71. The molecule has 4 rings (SSSR count). The summed E-state index contributed by atoms with van der Waals surface area (Å²) in [5, 5.41) is 2.75. The highest BCUT2D eigenvalue weighted by Gasteiger charge is 2.16. The molecule has 0 fully saturated rings. The third-order valence-corrected chi connectivity index (χ3v) is 4.53. The van der Waals surface area contributed by atoms with E-state index in [-0.39, 0.29) is 19.9 Å². The highest BCUT2D eigenvalue weighted by atomic mass is 16.7. The van der Waals surface area contributed by atoms with Crippen LogP contribution in [0.3, 0.4) is 0 Å². The quantitative estimate of drug-likeness (QED) is 0.649. The molecular weight excluding hydrogens is 364 g/mol. The molecule has 3 heterocycles. The van der Waals surface area contributed by atoms with Gasteiger partial charge in [-0.1, -0.05) is 6.07 Å². The van der Waals surface area contributed by atoms with Crippen molar-refractivity contribution in [2.45, 2.75) is 26.6 Å². The molecule has 0 saturated heterocycles. The normalized spacial score (nSPS) is 12.3. The zero-order valence-corrected chi connectivity index (χ0v) is 15.2. The molecule has 28 heavy (non-hydrogen) atoms. The van der Waals surface area contributed by atoms with Crippen LogP contribution >= 0.6 is 0 Å². The molecule has 9 nitrogen and oxygen atoms in total. The minimum atomic E-state index is -0.749. The Bertz CT molecular complexity index is 1180. The predicted molar refractivity (Wildman–Crippen MR) is 100 cm³/mol. The SMILES string of the molecule is CCn1c(=O)c(=O)n(CC(=O)NCc2ccc3c(c2)OCO3)c2cccnc21. The Morgan fingerprint density at radius 2 is 1.93 bits per heavy atom. The van der Waals surface area contributed by atoms with Crippen LogP contribution in [0.15, 0.2) is 46.1 Å². The van der Waals surface area contributed by atoms with Gasteiger partial charge in [-0.15, -0.1) is 0 Å². The van der Waals surface area contributed by atoms with Crippen molar-refractivity contribution in [2.24, 2.45) is 0 Å². The van der Waals surface area contributed by atoms with Gasteiger partial charge in [-0.3, -0.25) is 23.5 Å². The first-order valence-corrected chi connectivity index (χ1v) is 8.82. The van der Waals surface area contributed by atoms with E-state index in [2.05, 4.69) is 10.3 Å². The molecule has 1 N–H and O–H groups in total. The summed E-state index contributed by atoms with van der Waals surface area (Å²) in [5.74, 6) is 0.902. The van der Waals surface area contributed by atoms with Crippen molar-refractivity contribution < 1.29 is 14.3 Å². The molecule has 0 atom stereocenters. The number of aromatic nitrogens is 3. The molecular formula is C19H18N4O5. The lowest BCUT2D eigenvalue weighted by Crippen LogP contribution is -2.43. The molecule has 1 aliphatic rings. The molecule has 1 amide bonds. The fourth-order valence-electron chi connectivity index (χ4n) is 3.15. The van der Waals surface area contributed by atoms with Gasteiger partial charge in [0.15, 0.2) is 17.1 Å². The first-order chi connectivity index (χ1) is 13.6. The van der Waals surface area contributed by atoms with Crippen molar-refractivity contribution in [3.8, 4) is 11.5 Å². The maximum Gasteiger partial charge on any atom is 0.318 e. The summed E-state index contributed by atoms with van der Waals surface area (Å²) in [6.45, 7) is 2.24. The van der Waals surface area contributed by atoms with Gasteiger partial charge in [-0.05, 0) is 36.8 Å². The Balaban J connectivity index is 1.56.